The van der Waals surface area contributed by atoms with Crippen LogP contribution in [0.25, 0.3) is 0 Å². The van der Waals surface area contributed by atoms with Crippen molar-refractivity contribution in [2.45, 2.75) is 31.9 Å². The number of rotatable bonds is 5. The lowest BCUT2D eigenvalue weighted by atomic mass is 10.0. The zero-order chi connectivity index (χ0) is 15.2. The van der Waals surface area contributed by atoms with Gasteiger partial charge in [-0.2, -0.15) is 0 Å². The van der Waals surface area contributed by atoms with Crippen LogP contribution in [-0.2, 0) is 4.74 Å². The van der Waals surface area contributed by atoms with E-state index in [0.29, 0.717) is 5.56 Å². The van der Waals surface area contributed by atoms with Crippen LogP contribution in [0.5, 0.6) is 0 Å². The third kappa shape index (κ3) is 5.02. The van der Waals surface area contributed by atoms with Crippen LogP contribution in [0.4, 0.5) is 8.78 Å². The fourth-order valence-corrected chi connectivity index (χ4v) is 2.85. The molecule has 0 amide bonds. The van der Waals surface area contributed by atoms with E-state index in [-0.39, 0.29) is 12.1 Å². The van der Waals surface area contributed by atoms with Crippen LogP contribution in [0.2, 0.25) is 0 Å². The van der Waals surface area contributed by atoms with Gasteiger partial charge in [-0.25, -0.2) is 8.78 Å². The fourth-order valence-electron chi connectivity index (χ4n) is 2.85. The molecule has 118 valence electrons. The minimum absolute atomic E-state index is 0.0466. The number of ether oxygens (including phenoxy) is 1. The van der Waals surface area contributed by atoms with Crippen molar-refractivity contribution in [1.29, 1.82) is 0 Å². The molecule has 1 saturated heterocycles. The van der Waals surface area contributed by atoms with E-state index in [1.54, 1.807) is 0 Å². The minimum atomic E-state index is -0.526. The molecule has 1 fully saturated rings. The molecular formula is C16H24F2N2O. The molecule has 2 unspecified atom stereocenters. The van der Waals surface area contributed by atoms with Gasteiger partial charge in [0.25, 0.3) is 0 Å². The summed E-state index contributed by atoms with van der Waals surface area (Å²) in [6.45, 7) is 5.70. The number of hydrogen-bond donors (Lipinski definition) is 1. The summed E-state index contributed by atoms with van der Waals surface area (Å²) < 4.78 is 32.3. The van der Waals surface area contributed by atoms with Crippen molar-refractivity contribution in [3.05, 3.63) is 35.4 Å². The summed E-state index contributed by atoms with van der Waals surface area (Å²) in [6, 6.07) is 3.66. The average molecular weight is 298 g/mol. The van der Waals surface area contributed by atoms with Crippen molar-refractivity contribution < 1.29 is 13.5 Å². The highest BCUT2D eigenvalue weighted by molar-refractivity contribution is 5.21. The van der Waals surface area contributed by atoms with Crippen LogP contribution in [0.1, 0.15) is 31.4 Å². The van der Waals surface area contributed by atoms with Crippen LogP contribution in [0.3, 0.4) is 0 Å². The molecule has 2 rings (SSSR count). The van der Waals surface area contributed by atoms with Gasteiger partial charge in [-0.3, -0.25) is 0 Å². The maximum atomic E-state index is 13.3. The molecule has 0 saturated carbocycles. The summed E-state index contributed by atoms with van der Waals surface area (Å²) >= 11 is 0. The molecule has 1 N–H and O–H groups in total. The molecule has 1 aromatic rings. The highest BCUT2D eigenvalue weighted by Gasteiger charge is 2.17. The Morgan fingerprint density at radius 1 is 1.33 bits per heavy atom. The number of nitrogens with zero attached hydrogens (tertiary/aromatic N) is 1. The lowest BCUT2D eigenvalue weighted by Gasteiger charge is -2.25. The quantitative estimate of drug-likeness (QED) is 0.904. The summed E-state index contributed by atoms with van der Waals surface area (Å²) in [5.74, 6) is -1.05. The molecule has 0 aliphatic carbocycles. The predicted molar refractivity (Wildman–Crippen MR) is 79.2 cm³/mol. The SMILES string of the molecule is CNC(CCN1CCCOC(C)C1)c1cc(F)cc(F)c1. The maximum absolute atomic E-state index is 13.3. The highest BCUT2D eigenvalue weighted by atomic mass is 19.1. The Morgan fingerprint density at radius 2 is 2.05 bits per heavy atom. The molecule has 3 nitrogen and oxygen atoms in total. The molecule has 0 radical (unpaired) electrons. The van der Waals surface area contributed by atoms with Gasteiger partial charge in [-0.15, -0.1) is 0 Å². The van der Waals surface area contributed by atoms with Crippen LogP contribution < -0.4 is 5.32 Å². The monoisotopic (exact) mass is 298 g/mol. The van der Waals surface area contributed by atoms with Crippen molar-refractivity contribution in [3.63, 3.8) is 0 Å². The molecule has 1 aliphatic rings. The zero-order valence-corrected chi connectivity index (χ0v) is 12.7. The number of nitrogens with one attached hydrogen (secondary N) is 1. The van der Waals surface area contributed by atoms with Gasteiger partial charge in [0.1, 0.15) is 11.6 Å². The van der Waals surface area contributed by atoms with Crippen LogP contribution in [0, 0.1) is 11.6 Å². The zero-order valence-electron chi connectivity index (χ0n) is 12.7. The van der Waals surface area contributed by atoms with Gasteiger partial charge in [-0.1, -0.05) is 0 Å². The number of halogens is 2. The molecule has 0 spiro atoms. The molecule has 1 aromatic carbocycles. The van der Waals surface area contributed by atoms with E-state index in [0.717, 1.165) is 45.1 Å². The van der Waals surface area contributed by atoms with Crippen molar-refractivity contribution in [2.75, 3.05) is 33.3 Å². The van der Waals surface area contributed by atoms with Crippen molar-refractivity contribution in [2.24, 2.45) is 0 Å². The molecule has 1 aliphatic heterocycles. The van der Waals surface area contributed by atoms with E-state index in [4.69, 9.17) is 4.74 Å². The van der Waals surface area contributed by atoms with Crippen LogP contribution in [-0.4, -0.2) is 44.3 Å². The second-order valence-electron chi connectivity index (χ2n) is 5.67. The first kappa shape index (κ1) is 16.3. The van der Waals surface area contributed by atoms with E-state index >= 15 is 0 Å². The van der Waals surface area contributed by atoms with E-state index in [9.17, 15) is 8.78 Å². The minimum Gasteiger partial charge on any atom is -0.377 e. The molecule has 1 heterocycles. The lowest BCUT2D eigenvalue weighted by Crippen LogP contribution is -2.33. The van der Waals surface area contributed by atoms with E-state index < -0.39 is 11.6 Å². The van der Waals surface area contributed by atoms with Crippen molar-refractivity contribution in [1.82, 2.24) is 10.2 Å². The summed E-state index contributed by atoms with van der Waals surface area (Å²) in [5.41, 5.74) is 0.661. The summed E-state index contributed by atoms with van der Waals surface area (Å²) in [7, 11) is 1.82. The molecule has 5 heteroatoms. The van der Waals surface area contributed by atoms with Crippen LogP contribution in [0.15, 0.2) is 18.2 Å². The van der Waals surface area contributed by atoms with Gasteiger partial charge in [0.2, 0.25) is 0 Å². The largest absolute Gasteiger partial charge is 0.377 e. The van der Waals surface area contributed by atoms with Crippen molar-refractivity contribution in [3.8, 4) is 0 Å². The first-order chi connectivity index (χ1) is 10.1. The van der Waals surface area contributed by atoms with Gasteiger partial charge in [0.15, 0.2) is 0 Å². The van der Waals surface area contributed by atoms with E-state index in [2.05, 4.69) is 17.1 Å². The lowest BCUT2D eigenvalue weighted by molar-refractivity contribution is 0.0672. The Kier molecular flexibility index (Phi) is 6.08. The normalized spacial score (nSPS) is 22.0. The Hall–Kier alpha value is -1.04. The third-order valence-electron chi connectivity index (χ3n) is 3.91. The summed E-state index contributed by atoms with van der Waals surface area (Å²) in [5, 5.41) is 3.15. The van der Waals surface area contributed by atoms with E-state index in [1.165, 1.54) is 12.1 Å². The maximum Gasteiger partial charge on any atom is 0.126 e. The van der Waals surface area contributed by atoms with Gasteiger partial charge in [0.05, 0.1) is 6.10 Å². The fraction of sp³-hybridized carbons (Fsp3) is 0.625. The smallest absolute Gasteiger partial charge is 0.126 e. The standard InChI is InChI=1S/C16H24F2N2O/c1-12-11-20(5-3-7-21-12)6-4-16(19-2)13-8-14(17)10-15(18)9-13/h8-10,12,16,19H,3-7,11H2,1-2H3. The second-order valence-corrected chi connectivity index (χ2v) is 5.67. The Morgan fingerprint density at radius 3 is 2.71 bits per heavy atom. The molecule has 2 atom stereocenters. The van der Waals surface area contributed by atoms with Gasteiger partial charge in [-0.05, 0) is 44.5 Å². The van der Waals surface area contributed by atoms with Gasteiger partial charge >= 0.3 is 0 Å². The Balaban J connectivity index is 1.95. The summed E-state index contributed by atoms with van der Waals surface area (Å²) in [6.07, 6.45) is 2.09. The molecule has 21 heavy (non-hydrogen) atoms. The average Bonchev–Trinajstić information content (AvgIpc) is 2.63. The van der Waals surface area contributed by atoms with Gasteiger partial charge in [0, 0.05) is 38.3 Å². The molecule has 0 aromatic heterocycles. The Bertz CT molecular complexity index is 436. The molecular weight excluding hydrogens is 274 g/mol. The first-order valence-electron chi connectivity index (χ1n) is 7.55. The highest BCUT2D eigenvalue weighted by Crippen LogP contribution is 2.20. The molecule has 0 bridgehead atoms. The third-order valence-corrected chi connectivity index (χ3v) is 3.91. The second kappa shape index (κ2) is 7.82. The summed E-state index contributed by atoms with van der Waals surface area (Å²) in [4.78, 5) is 2.36. The number of benzene rings is 1. The van der Waals surface area contributed by atoms with E-state index in [1.807, 2.05) is 7.05 Å². The number of hydrogen-bond acceptors (Lipinski definition) is 3. The first-order valence-corrected chi connectivity index (χ1v) is 7.55. The van der Waals surface area contributed by atoms with Gasteiger partial charge < -0.3 is 15.0 Å². The topological polar surface area (TPSA) is 24.5 Å². The van der Waals surface area contributed by atoms with Crippen LogP contribution >= 0.6 is 0 Å². The Labute approximate surface area is 125 Å². The predicted octanol–water partition coefficient (Wildman–Crippen LogP) is 2.73. The van der Waals surface area contributed by atoms with Crippen molar-refractivity contribution >= 4 is 0 Å².